The van der Waals surface area contributed by atoms with E-state index >= 15 is 0 Å². The number of aryl methyl sites for hydroxylation is 1. The predicted octanol–water partition coefficient (Wildman–Crippen LogP) is 0.883. The second-order valence-corrected chi connectivity index (χ2v) is 4.49. The van der Waals surface area contributed by atoms with Crippen LogP contribution in [0.3, 0.4) is 0 Å². The Hall–Kier alpha value is -2.90. The van der Waals surface area contributed by atoms with Crippen LogP contribution in [0.25, 0.3) is 0 Å². The summed E-state index contributed by atoms with van der Waals surface area (Å²) >= 11 is 0. The van der Waals surface area contributed by atoms with E-state index in [1.165, 1.54) is 18.2 Å². The van der Waals surface area contributed by atoms with Crippen molar-refractivity contribution in [1.29, 1.82) is 0 Å². The predicted molar refractivity (Wildman–Crippen MR) is 76.8 cm³/mol. The third kappa shape index (κ3) is 3.35. The van der Waals surface area contributed by atoms with Gasteiger partial charge in [-0.1, -0.05) is 0 Å². The number of anilines is 1. The second kappa shape index (κ2) is 6.04. The maximum atomic E-state index is 12.0. The number of aromatic nitrogens is 2. The SMILES string of the molecule is Cn1ccnc1CCNC(=O)c1cc([N+](=O)[O-])ccc1N. The highest BCUT2D eigenvalue weighted by molar-refractivity contribution is 5.99. The first-order valence-electron chi connectivity index (χ1n) is 6.27. The lowest BCUT2D eigenvalue weighted by Gasteiger charge is -2.07. The number of nitro groups is 1. The number of rotatable bonds is 5. The molecule has 8 nitrogen and oxygen atoms in total. The van der Waals surface area contributed by atoms with Gasteiger partial charge in [-0.3, -0.25) is 14.9 Å². The van der Waals surface area contributed by atoms with Crippen LogP contribution >= 0.6 is 0 Å². The number of nitrogens with two attached hydrogens (primary N) is 1. The van der Waals surface area contributed by atoms with Gasteiger partial charge in [0.25, 0.3) is 11.6 Å². The number of benzene rings is 1. The quantitative estimate of drug-likeness (QED) is 0.481. The highest BCUT2D eigenvalue weighted by Crippen LogP contribution is 2.19. The molecule has 0 fully saturated rings. The van der Waals surface area contributed by atoms with Crippen LogP contribution in [0.2, 0.25) is 0 Å². The maximum absolute atomic E-state index is 12.0. The number of nitrogens with zero attached hydrogens (tertiary/aromatic N) is 3. The number of hydrogen-bond donors (Lipinski definition) is 2. The number of amides is 1. The van der Waals surface area contributed by atoms with Crippen LogP contribution in [0.1, 0.15) is 16.2 Å². The van der Waals surface area contributed by atoms with E-state index in [1.54, 1.807) is 6.20 Å². The van der Waals surface area contributed by atoms with Crippen LogP contribution in [-0.4, -0.2) is 26.9 Å². The molecule has 1 heterocycles. The Morgan fingerprint density at radius 3 is 2.90 bits per heavy atom. The van der Waals surface area contributed by atoms with E-state index in [1.807, 2.05) is 17.8 Å². The molecule has 0 bridgehead atoms. The Balaban J connectivity index is 2.01. The molecule has 0 unspecified atom stereocenters. The molecule has 0 radical (unpaired) electrons. The highest BCUT2D eigenvalue weighted by Gasteiger charge is 2.15. The number of carbonyl (C=O) groups excluding carboxylic acids is 1. The summed E-state index contributed by atoms with van der Waals surface area (Å²) in [5.74, 6) is 0.396. The molecule has 8 heteroatoms. The standard InChI is InChI=1S/C13H15N5O3/c1-17-7-6-15-12(17)4-5-16-13(19)10-8-9(18(20)21)2-3-11(10)14/h2-3,6-8H,4-5,14H2,1H3,(H,16,19). The van der Waals surface area contributed by atoms with Gasteiger partial charge in [0.15, 0.2) is 0 Å². The summed E-state index contributed by atoms with van der Waals surface area (Å²) in [6.07, 6.45) is 4.05. The van der Waals surface area contributed by atoms with E-state index in [0.717, 1.165) is 5.82 Å². The van der Waals surface area contributed by atoms with Crippen LogP contribution in [0.4, 0.5) is 11.4 Å². The zero-order valence-corrected chi connectivity index (χ0v) is 11.4. The van der Waals surface area contributed by atoms with Crippen molar-refractivity contribution in [3.8, 4) is 0 Å². The third-order valence-corrected chi connectivity index (χ3v) is 3.05. The van der Waals surface area contributed by atoms with Crippen molar-refractivity contribution in [3.63, 3.8) is 0 Å². The van der Waals surface area contributed by atoms with Crippen molar-refractivity contribution in [2.75, 3.05) is 12.3 Å². The Morgan fingerprint density at radius 1 is 1.52 bits per heavy atom. The van der Waals surface area contributed by atoms with Gasteiger partial charge in [-0.15, -0.1) is 0 Å². The number of imidazole rings is 1. The maximum Gasteiger partial charge on any atom is 0.270 e. The molecule has 110 valence electrons. The van der Waals surface area contributed by atoms with Gasteiger partial charge < -0.3 is 15.6 Å². The van der Waals surface area contributed by atoms with Crippen molar-refractivity contribution < 1.29 is 9.72 Å². The van der Waals surface area contributed by atoms with E-state index in [4.69, 9.17) is 5.73 Å². The highest BCUT2D eigenvalue weighted by atomic mass is 16.6. The summed E-state index contributed by atoms with van der Waals surface area (Å²) in [7, 11) is 1.86. The van der Waals surface area contributed by atoms with Crippen LogP contribution < -0.4 is 11.1 Å². The average Bonchev–Trinajstić information content (AvgIpc) is 2.84. The van der Waals surface area contributed by atoms with Crippen molar-refractivity contribution in [2.45, 2.75) is 6.42 Å². The van der Waals surface area contributed by atoms with Gasteiger partial charge in [-0.05, 0) is 6.07 Å². The fourth-order valence-electron chi connectivity index (χ4n) is 1.87. The number of non-ortho nitro benzene ring substituents is 1. The summed E-state index contributed by atoms with van der Waals surface area (Å²) in [6.45, 7) is 0.367. The molecular weight excluding hydrogens is 274 g/mol. The Morgan fingerprint density at radius 2 is 2.29 bits per heavy atom. The molecule has 2 rings (SSSR count). The Kier molecular flexibility index (Phi) is 4.17. The number of nitrogens with one attached hydrogen (secondary N) is 1. The van der Waals surface area contributed by atoms with Crippen LogP contribution in [0, 0.1) is 10.1 Å². The zero-order chi connectivity index (χ0) is 15.4. The monoisotopic (exact) mass is 289 g/mol. The first-order chi connectivity index (χ1) is 9.99. The van der Waals surface area contributed by atoms with Gasteiger partial charge in [0.05, 0.1) is 10.5 Å². The van der Waals surface area contributed by atoms with E-state index in [9.17, 15) is 14.9 Å². The molecule has 0 aliphatic rings. The van der Waals surface area contributed by atoms with Crippen LogP contribution in [-0.2, 0) is 13.5 Å². The smallest absolute Gasteiger partial charge is 0.270 e. The minimum Gasteiger partial charge on any atom is -0.398 e. The fraction of sp³-hybridized carbons (Fsp3) is 0.231. The van der Waals surface area contributed by atoms with E-state index in [2.05, 4.69) is 10.3 Å². The summed E-state index contributed by atoms with van der Waals surface area (Å²) in [5.41, 5.74) is 5.82. The number of nitro benzene ring substituents is 1. The number of carbonyl (C=O) groups is 1. The largest absolute Gasteiger partial charge is 0.398 e. The molecule has 0 saturated carbocycles. The van der Waals surface area contributed by atoms with Crippen LogP contribution in [0.5, 0.6) is 0 Å². The average molecular weight is 289 g/mol. The minimum atomic E-state index is -0.565. The zero-order valence-electron chi connectivity index (χ0n) is 11.4. The van der Waals surface area contributed by atoms with Gasteiger partial charge in [0, 0.05) is 50.2 Å². The van der Waals surface area contributed by atoms with Gasteiger partial charge in [-0.25, -0.2) is 4.98 Å². The molecule has 1 amide bonds. The van der Waals surface area contributed by atoms with Gasteiger partial charge in [-0.2, -0.15) is 0 Å². The summed E-state index contributed by atoms with van der Waals surface area (Å²) in [5, 5.41) is 13.4. The Bertz CT molecular complexity index is 680. The fourth-order valence-corrected chi connectivity index (χ4v) is 1.87. The molecule has 0 atom stereocenters. The topological polar surface area (TPSA) is 116 Å². The molecule has 21 heavy (non-hydrogen) atoms. The normalized spacial score (nSPS) is 10.3. The molecule has 2 aromatic rings. The number of nitrogen functional groups attached to an aromatic ring is 1. The molecule has 1 aromatic carbocycles. The van der Waals surface area contributed by atoms with Crippen molar-refractivity contribution in [3.05, 3.63) is 52.1 Å². The molecular formula is C13H15N5O3. The lowest BCUT2D eigenvalue weighted by Crippen LogP contribution is -2.27. The second-order valence-electron chi connectivity index (χ2n) is 4.49. The molecule has 0 saturated heterocycles. The lowest BCUT2D eigenvalue weighted by atomic mass is 10.1. The van der Waals surface area contributed by atoms with Crippen molar-refractivity contribution in [1.82, 2.24) is 14.9 Å². The number of hydrogen-bond acceptors (Lipinski definition) is 5. The van der Waals surface area contributed by atoms with E-state index in [0.29, 0.717) is 13.0 Å². The van der Waals surface area contributed by atoms with Crippen molar-refractivity contribution >= 4 is 17.3 Å². The van der Waals surface area contributed by atoms with E-state index < -0.39 is 10.8 Å². The molecule has 1 aromatic heterocycles. The van der Waals surface area contributed by atoms with Gasteiger partial charge >= 0.3 is 0 Å². The first kappa shape index (κ1) is 14.5. The summed E-state index contributed by atoms with van der Waals surface area (Å²) in [6, 6.07) is 3.79. The summed E-state index contributed by atoms with van der Waals surface area (Å²) in [4.78, 5) is 26.3. The molecule has 0 aliphatic heterocycles. The van der Waals surface area contributed by atoms with Gasteiger partial charge in [0.2, 0.25) is 0 Å². The van der Waals surface area contributed by atoms with Crippen molar-refractivity contribution in [2.24, 2.45) is 7.05 Å². The third-order valence-electron chi connectivity index (χ3n) is 3.05. The van der Waals surface area contributed by atoms with Crippen LogP contribution in [0.15, 0.2) is 30.6 Å². The lowest BCUT2D eigenvalue weighted by molar-refractivity contribution is -0.384. The van der Waals surface area contributed by atoms with E-state index in [-0.39, 0.29) is 16.9 Å². The first-order valence-corrected chi connectivity index (χ1v) is 6.27. The molecule has 3 N–H and O–H groups in total. The van der Waals surface area contributed by atoms with Gasteiger partial charge in [0.1, 0.15) is 5.82 Å². The minimum absolute atomic E-state index is 0.101. The summed E-state index contributed by atoms with van der Waals surface area (Å²) < 4.78 is 1.86. The molecule has 0 aliphatic carbocycles. The molecule has 0 spiro atoms. The Labute approximate surface area is 120 Å².